The van der Waals surface area contributed by atoms with Crippen LogP contribution in [-0.4, -0.2) is 58.2 Å². The number of carbonyl (C=O) groups excluding carboxylic acids is 1. The van der Waals surface area contributed by atoms with E-state index >= 15 is 0 Å². The summed E-state index contributed by atoms with van der Waals surface area (Å²) in [5.41, 5.74) is 0.285. The van der Waals surface area contributed by atoms with E-state index in [1.807, 2.05) is 0 Å². The van der Waals surface area contributed by atoms with Gasteiger partial charge in [-0.25, -0.2) is 9.07 Å². The molecule has 160 valence electrons. The first-order valence-corrected chi connectivity index (χ1v) is 10.8. The number of rotatable bonds is 5. The smallest absolute Gasteiger partial charge is 0.267 e. The SMILES string of the molecule is CN(C[C@H]1CCCN2CCCC[C@@H]12)C(=O)Cn1nc(-c2ccccc2F)ccc1=O. The Balaban J connectivity index is 1.45. The van der Waals surface area contributed by atoms with Gasteiger partial charge in [0.15, 0.2) is 0 Å². The molecular weight excluding hydrogens is 383 g/mol. The predicted molar refractivity (Wildman–Crippen MR) is 113 cm³/mol. The Hall–Kier alpha value is -2.54. The Bertz CT molecular complexity index is 958. The number of fused-ring (bicyclic) bond motifs is 1. The summed E-state index contributed by atoms with van der Waals surface area (Å²) >= 11 is 0. The van der Waals surface area contributed by atoms with Gasteiger partial charge in [0.1, 0.15) is 12.4 Å². The molecule has 1 amide bonds. The van der Waals surface area contributed by atoms with E-state index in [0.29, 0.717) is 29.8 Å². The van der Waals surface area contributed by atoms with Crippen LogP contribution >= 0.6 is 0 Å². The van der Waals surface area contributed by atoms with Crippen molar-refractivity contribution in [2.45, 2.75) is 44.7 Å². The third-order valence-corrected chi connectivity index (χ3v) is 6.46. The minimum Gasteiger partial charge on any atom is -0.344 e. The van der Waals surface area contributed by atoms with Crippen LogP contribution in [0.4, 0.5) is 4.39 Å². The van der Waals surface area contributed by atoms with Gasteiger partial charge in [0, 0.05) is 31.3 Å². The average molecular weight is 413 g/mol. The molecule has 4 rings (SSSR count). The van der Waals surface area contributed by atoms with Gasteiger partial charge in [-0.3, -0.25) is 9.59 Å². The van der Waals surface area contributed by atoms with Crippen LogP contribution in [0.1, 0.15) is 32.1 Å². The lowest BCUT2D eigenvalue weighted by atomic mass is 9.83. The second kappa shape index (κ2) is 9.08. The molecule has 2 aliphatic rings. The number of hydrogen-bond acceptors (Lipinski definition) is 4. The predicted octanol–water partition coefficient (Wildman–Crippen LogP) is 2.77. The molecule has 2 aliphatic heterocycles. The first kappa shape index (κ1) is 20.7. The maximum Gasteiger partial charge on any atom is 0.267 e. The van der Waals surface area contributed by atoms with Gasteiger partial charge in [-0.2, -0.15) is 5.10 Å². The molecule has 2 fully saturated rings. The minimum absolute atomic E-state index is 0.140. The maximum atomic E-state index is 14.1. The van der Waals surface area contributed by atoms with Gasteiger partial charge in [0.2, 0.25) is 5.91 Å². The van der Waals surface area contributed by atoms with Crippen LogP contribution in [0, 0.1) is 11.7 Å². The molecule has 0 N–H and O–H groups in total. The molecule has 1 aromatic heterocycles. The molecule has 0 aliphatic carbocycles. The molecule has 0 bridgehead atoms. The second-order valence-corrected chi connectivity index (χ2v) is 8.47. The highest BCUT2D eigenvalue weighted by Crippen LogP contribution is 2.31. The largest absolute Gasteiger partial charge is 0.344 e. The van der Waals surface area contributed by atoms with Crippen LogP contribution in [0.25, 0.3) is 11.3 Å². The van der Waals surface area contributed by atoms with Crippen LogP contribution in [0.2, 0.25) is 0 Å². The van der Waals surface area contributed by atoms with E-state index < -0.39 is 5.82 Å². The number of halogens is 1. The second-order valence-electron chi connectivity index (χ2n) is 8.47. The first-order valence-electron chi connectivity index (χ1n) is 10.8. The molecule has 0 unspecified atom stereocenters. The molecule has 1 aromatic carbocycles. The topological polar surface area (TPSA) is 58.4 Å². The van der Waals surface area contributed by atoms with Crippen molar-refractivity contribution in [1.29, 1.82) is 0 Å². The Kier molecular flexibility index (Phi) is 6.27. The monoisotopic (exact) mass is 412 g/mol. The Morgan fingerprint density at radius 3 is 2.77 bits per heavy atom. The van der Waals surface area contributed by atoms with Crippen LogP contribution in [-0.2, 0) is 11.3 Å². The van der Waals surface area contributed by atoms with Crippen molar-refractivity contribution < 1.29 is 9.18 Å². The fourth-order valence-electron chi connectivity index (χ4n) is 4.87. The molecular formula is C23H29FN4O2. The Morgan fingerprint density at radius 1 is 1.13 bits per heavy atom. The van der Waals surface area contributed by atoms with Gasteiger partial charge in [-0.05, 0) is 62.9 Å². The third kappa shape index (κ3) is 4.46. The van der Waals surface area contributed by atoms with Crippen molar-refractivity contribution in [2.75, 3.05) is 26.7 Å². The van der Waals surface area contributed by atoms with Crippen LogP contribution in [0.5, 0.6) is 0 Å². The number of amides is 1. The highest BCUT2D eigenvalue weighted by Gasteiger charge is 2.34. The fourth-order valence-corrected chi connectivity index (χ4v) is 4.87. The molecule has 30 heavy (non-hydrogen) atoms. The lowest BCUT2D eigenvalue weighted by Gasteiger charge is -2.45. The van der Waals surface area contributed by atoms with E-state index in [-0.39, 0.29) is 18.0 Å². The summed E-state index contributed by atoms with van der Waals surface area (Å²) < 4.78 is 15.2. The number of likely N-dealkylation sites (N-methyl/N-ethyl adjacent to an activating group) is 1. The van der Waals surface area contributed by atoms with E-state index in [4.69, 9.17) is 0 Å². The summed E-state index contributed by atoms with van der Waals surface area (Å²) in [5.74, 6) is -0.0846. The van der Waals surface area contributed by atoms with Gasteiger partial charge in [0.05, 0.1) is 5.69 Å². The maximum absolute atomic E-state index is 14.1. The molecule has 6 nitrogen and oxygen atoms in total. The van der Waals surface area contributed by atoms with E-state index in [1.165, 1.54) is 57.0 Å². The quantitative estimate of drug-likeness (QED) is 0.758. The number of hydrogen-bond donors (Lipinski definition) is 0. The molecule has 7 heteroatoms. The average Bonchev–Trinajstić information content (AvgIpc) is 2.76. The first-order chi connectivity index (χ1) is 14.5. The van der Waals surface area contributed by atoms with Crippen molar-refractivity contribution in [3.63, 3.8) is 0 Å². The molecule has 0 spiro atoms. The van der Waals surface area contributed by atoms with Gasteiger partial charge in [-0.1, -0.05) is 18.6 Å². The van der Waals surface area contributed by atoms with E-state index in [9.17, 15) is 14.0 Å². The summed E-state index contributed by atoms with van der Waals surface area (Å²) in [4.78, 5) is 29.4. The molecule has 2 atom stereocenters. The van der Waals surface area contributed by atoms with Gasteiger partial charge >= 0.3 is 0 Å². The summed E-state index contributed by atoms with van der Waals surface area (Å²) in [6, 6.07) is 9.67. The van der Waals surface area contributed by atoms with E-state index in [1.54, 1.807) is 30.1 Å². The van der Waals surface area contributed by atoms with Gasteiger partial charge < -0.3 is 9.80 Å². The molecule has 2 aromatic rings. The van der Waals surface area contributed by atoms with Crippen molar-refractivity contribution >= 4 is 5.91 Å². The highest BCUT2D eigenvalue weighted by atomic mass is 19.1. The number of aromatic nitrogens is 2. The van der Waals surface area contributed by atoms with Crippen molar-refractivity contribution in [3.8, 4) is 11.3 Å². The van der Waals surface area contributed by atoms with Gasteiger partial charge in [-0.15, -0.1) is 0 Å². The molecule has 0 saturated carbocycles. The van der Waals surface area contributed by atoms with Crippen molar-refractivity contribution in [3.05, 3.63) is 52.6 Å². The fraction of sp³-hybridized carbons (Fsp3) is 0.522. The molecule has 3 heterocycles. The van der Waals surface area contributed by atoms with Crippen molar-refractivity contribution in [1.82, 2.24) is 19.6 Å². The Morgan fingerprint density at radius 2 is 1.93 bits per heavy atom. The summed E-state index contributed by atoms with van der Waals surface area (Å²) in [7, 11) is 1.80. The van der Waals surface area contributed by atoms with Crippen LogP contribution in [0.15, 0.2) is 41.2 Å². The number of carbonyl (C=O) groups is 1. The number of piperidine rings is 2. The summed E-state index contributed by atoms with van der Waals surface area (Å²) in [6.45, 7) is 2.89. The van der Waals surface area contributed by atoms with Crippen LogP contribution < -0.4 is 5.56 Å². The molecule has 2 saturated heterocycles. The highest BCUT2D eigenvalue weighted by molar-refractivity contribution is 5.75. The zero-order chi connectivity index (χ0) is 21.1. The lowest BCUT2D eigenvalue weighted by molar-refractivity contribution is -0.132. The zero-order valence-electron chi connectivity index (χ0n) is 17.5. The normalized spacial score (nSPS) is 21.8. The van der Waals surface area contributed by atoms with Crippen LogP contribution in [0.3, 0.4) is 0 Å². The Labute approximate surface area is 176 Å². The lowest BCUT2D eigenvalue weighted by Crippen LogP contribution is -2.51. The number of nitrogens with zero attached hydrogens (tertiary/aromatic N) is 4. The standard InChI is InChI=1S/C23H29FN4O2/c1-26(15-17-7-6-14-27-13-5-4-10-21(17)27)23(30)16-28-22(29)12-11-20(25-28)18-8-2-3-9-19(18)24/h2-3,8-9,11-12,17,21H,4-7,10,13-16H2,1H3/t17-,21+/m1/s1. The number of benzene rings is 1. The molecule has 0 radical (unpaired) electrons. The van der Waals surface area contributed by atoms with E-state index in [2.05, 4.69) is 10.00 Å². The summed E-state index contributed by atoms with van der Waals surface area (Å²) in [5, 5.41) is 4.25. The van der Waals surface area contributed by atoms with Gasteiger partial charge in [0.25, 0.3) is 5.56 Å². The summed E-state index contributed by atoms with van der Waals surface area (Å²) in [6.07, 6.45) is 6.05. The van der Waals surface area contributed by atoms with Crippen molar-refractivity contribution in [2.24, 2.45) is 5.92 Å². The van der Waals surface area contributed by atoms with E-state index in [0.717, 1.165) is 11.1 Å². The zero-order valence-corrected chi connectivity index (χ0v) is 17.5. The third-order valence-electron chi connectivity index (χ3n) is 6.46. The minimum atomic E-state index is -0.409.